The number of para-hydroxylation sites is 1. The molecule has 1 aromatic carbocycles. The van der Waals surface area contributed by atoms with Crippen LogP contribution in [0.25, 0.3) is 0 Å². The minimum absolute atomic E-state index is 0.177. The Labute approximate surface area is 121 Å². The number of hydrogen-bond donors (Lipinski definition) is 1. The molecule has 0 unspecified atom stereocenters. The predicted molar refractivity (Wildman–Crippen MR) is 83.0 cm³/mol. The number of aryl methyl sites for hydroxylation is 1. The van der Waals surface area contributed by atoms with Crippen molar-refractivity contribution in [3.8, 4) is 0 Å². The lowest BCUT2D eigenvalue weighted by molar-refractivity contribution is -0.130. The second kappa shape index (κ2) is 7.10. The zero-order valence-corrected chi connectivity index (χ0v) is 12.1. The van der Waals surface area contributed by atoms with E-state index in [9.17, 15) is 4.79 Å². The molecule has 0 saturated carbocycles. The van der Waals surface area contributed by atoms with Crippen LogP contribution < -0.4 is 10.2 Å². The number of nitrogens with zero attached hydrogens (tertiary/aromatic N) is 2. The Bertz CT molecular complexity index is 465. The molecule has 1 saturated heterocycles. The second-order valence-corrected chi connectivity index (χ2v) is 5.07. The van der Waals surface area contributed by atoms with Crippen molar-refractivity contribution in [1.29, 1.82) is 0 Å². The molecule has 0 aliphatic carbocycles. The Morgan fingerprint density at radius 1 is 1.30 bits per heavy atom. The summed E-state index contributed by atoms with van der Waals surface area (Å²) in [4.78, 5) is 16.3. The van der Waals surface area contributed by atoms with E-state index in [1.54, 1.807) is 6.08 Å². The summed E-state index contributed by atoms with van der Waals surface area (Å²) >= 11 is 0. The summed E-state index contributed by atoms with van der Waals surface area (Å²) in [5.41, 5.74) is 2.57. The van der Waals surface area contributed by atoms with Gasteiger partial charge in [-0.15, -0.1) is 6.58 Å². The number of piperazine rings is 1. The highest BCUT2D eigenvalue weighted by Crippen LogP contribution is 2.20. The van der Waals surface area contributed by atoms with Gasteiger partial charge in [-0.2, -0.15) is 0 Å². The number of carbonyl (C=O) groups is 1. The van der Waals surface area contributed by atoms with Gasteiger partial charge in [0.2, 0.25) is 5.91 Å². The summed E-state index contributed by atoms with van der Waals surface area (Å²) < 4.78 is 0. The summed E-state index contributed by atoms with van der Waals surface area (Å²) in [6, 6.07) is 8.41. The van der Waals surface area contributed by atoms with Crippen molar-refractivity contribution >= 4 is 11.6 Å². The molecule has 0 aromatic heterocycles. The van der Waals surface area contributed by atoms with Gasteiger partial charge in [0.15, 0.2) is 0 Å². The van der Waals surface area contributed by atoms with Gasteiger partial charge in [0.25, 0.3) is 0 Å². The van der Waals surface area contributed by atoms with Crippen LogP contribution in [0.1, 0.15) is 5.56 Å². The molecule has 2 rings (SSSR count). The molecule has 20 heavy (non-hydrogen) atoms. The molecule has 1 heterocycles. The fraction of sp³-hybridized carbons (Fsp3) is 0.438. The second-order valence-electron chi connectivity index (χ2n) is 5.07. The third-order valence-corrected chi connectivity index (χ3v) is 3.65. The Hall–Kier alpha value is -1.81. The average Bonchev–Trinajstić information content (AvgIpc) is 2.48. The molecule has 1 N–H and O–H groups in total. The van der Waals surface area contributed by atoms with Gasteiger partial charge in [0.1, 0.15) is 0 Å². The monoisotopic (exact) mass is 273 g/mol. The largest absolute Gasteiger partial charge is 0.368 e. The van der Waals surface area contributed by atoms with Crippen LogP contribution in [0.15, 0.2) is 36.9 Å². The van der Waals surface area contributed by atoms with Crippen LogP contribution >= 0.6 is 0 Å². The summed E-state index contributed by atoms with van der Waals surface area (Å²) in [7, 11) is 0. The Balaban J connectivity index is 1.85. The molecule has 4 nitrogen and oxygen atoms in total. The Kier molecular flexibility index (Phi) is 5.18. The first-order chi connectivity index (χ1) is 9.72. The van der Waals surface area contributed by atoms with Crippen molar-refractivity contribution in [2.24, 2.45) is 0 Å². The van der Waals surface area contributed by atoms with Gasteiger partial charge < -0.3 is 15.1 Å². The fourth-order valence-corrected chi connectivity index (χ4v) is 2.51. The van der Waals surface area contributed by atoms with Crippen LogP contribution in [0.3, 0.4) is 0 Å². The molecule has 1 amide bonds. The third kappa shape index (κ3) is 3.61. The third-order valence-electron chi connectivity index (χ3n) is 3.65. The maximum atomic E-state index is 12.0. The molecule has 4 heteroatoms. The molecule has 0 bridgehead atoms. The number of anilines is 1. The average molecular weight is 273 g/mol. The van der Waals surface area contributed by atoms with Gasteiger partial charge in [0, 0.05) is 38.4 Å². The molecule has 0 spiro atoms. The highest BCUT2D eigenvalue weighted by molar-refractivity contribution is 5.78. The Morgan fingerprint density at radius 2 is 2.00 bits per heavy atom. The van der Waals surface area contributed by atoms with E-state index < -0.39 is 0 Å². The van der Waals surface area contributed by atoms with E-state index in [1.165, 1.54) is 11.3 Å². The quantitative estimate of drug-likeness (QED) is 0.651. The standard InChI is InChI=1S/C16H23N3O/c1-3-8-17-13-16(20)19-11-9-18(10-12-19)15-7-5-4-6-14(15)2/h3-7,17H,1,8-13H2,2H3. The lowest BCUT2D eigenvalue weighted by Crippen LogP contribution is -2.51. The van der Waals surface area contributed by atoms with E-state index in [-0.39, 0.29) is 5.91 Å². The van der Waals surface area contributed by atoms with E-state index in [0.717, 1.165) is 26.2 Å². The molecule has 0 radical (unpaired) electrons. The first kappa shape index (κ1) is 14.6. The highest BCUT2D eigenvalue weighted by Gasteiger charge is 2.21. The maximum Gasteiger partial charge on any atom is 0.236 e. The molecule has 0 atom stereocenters. The van der Waals surface area contributed by atoms with Crippen LogP contribution in [0.5, 0.6) is 0 Å². The van der Waals surface area contributed by atoms with Gasteiger partial charge in [-0.05, 0) is 18.6 Å². The number of nitrogens with one attached hydrogen (secondary N) is 1. The predicted octanol–water partition coefficient (Wildman–Crippen LogP) is 1.42. The number of amides is 1. The molecule has 1 aliphatic rings. The summed E-state index contributed by atoms with van der Waals surface area (Å²) in [6.45, 7) is 10.2. The van der Waals surface area contributed by atoms with Crippen molar-refractivity contribution in [2.45, 2.75) is 6.92 Å². The molecule has 108 valence electrons. The summed E-state index contributed by atoms with van der Waals surface area (Å²) in [6.07, 6.45) is 1.77. The van der Waals surface area contributed by atoms with E-state index in [4.69, 9.17) is 0 Å². The van der Waals surface area contributed by atoms with Crippen LogP contribution in [0.2, 0.25) is 0 Å². The minimum atomic E-state index is 0.177. The van der Waals surface area contributed by atoms with Gasteiger partial charge in [0.05, 0.1) is 6.54 Å². The van der Waals surface area contributed by atoms with Gasteiger partial charge >= 0.3 is 0 Å². The zero-order valence-electron chi connectivity index (χ0n) is 12.1. The van der Waals surface area contributed by atoms with Crippen molar-refractivity contribution in [3.05, 3.63) is 42.5 Å². The van der Waals surface area contributed by atoms with E-state index >= 15 is 0 Å². The Morgan fingerprint density at radius 3 is 2.65 bits per heavy atom. The zero-order chi connectivity index (χ0) is 14.4. The van der Waals surface area contributed by atoms with Gasteiger partial charge in [-0.1, -0.05) is 24.3 Å². The van der Waals surface area contributed by atoms with Crippen LogP contribution in [0.4, 0.5) is 5.69 Å². The first-order valence-electron chi connectivity index (χ1n) is 7.12. The van der Waals surface area contributed by atoms with Gasteiger partial charge in [-0.3, -0.25) is 4.79 Å². The number of rotatable bonds is 5. The molecule has 1 aliphatic heterocycles. The van der Waals surface area contributed by atoms with Crippen molar-refractivity contribution in [3.63, 3.8) is 0 Å². The van der Waals surface area contributed by atoms with E-state index in [0.29, 0.717) is 13.1 Å². The van der Waals surface area contributed by atoms with E-state index in [1.807, 2.05) is 4.90 Å². The van der Waals surface area contributed by atoms with Crippen molar-refractivity contribution in [1.82, 2.24) is 10.2 Å². The lowest BCUT2D eigenvalue weighted by Gasteiger charge is -2.36. The topological polar surface area (TPSA) is 35.6 Å². The van der Waals surface area contributed by atoms with Crippen LogP contribution in [-0.4, -0.2) is 50.1 Å². The summed E-state index contributed by atoms with van der Waals surface area (Å²) in [5.74, 6) is 0.177. The van der Waals surface area contributed by atoms with Crippen LogP contribution in [-0.2, 0) is 4.79 Å². The first-order valence-corrected chi connectivity index (χ1v) is 7.12. The summed E-state index contributed by atoms with van der Waals surface area (Å²) in [5, 5.41) is 3.06. The number of benzene rings is 1. The van der Waals surface area contributed by atoms with Gasteiger partial charge in [-0.25, -0.2) is 0 Å². The highest BCUT2D eigenvalue weighted by atomic mass is 16.2. The number of carbonyl (C=O) groups excluding carboxylic acids is 1. The maximum absolute atomic E-state index is 12.0. The fourth-order valence-electron chi connectivity index (χ4n) is 2.51. The van der Waals surface area contributed by atoms with Crippen molar-refractivity contribution in [2.75, 3.05) is 44.2 Å². The van der Waals surface area contributed by atoms with Crippen LogP contribution in [0, 0.1) is 6.92 Å². The molecular weight excluding hydrogens is 250 g/mol. The smallest absolute Gasteiger partial charge is 0.236 e. The SMILES string of the molecule is C=CCNCC(=O)N1CCN(c2ccccc2C)CC1. The lowest BCUT2D eigenvalue weighted by atomic mass is 10.1. The molecule has 1 aromatic rings. The minimum Gasteiger partial charge on any atom is -0.368 e. The van der Waals surface area contributed by atoms with E-state index in [2.05, 4.69) is 48.0 Å². The molecule has 1 fully saturated rings. The normalized spacial score (nSPS) is 15.2. The van der Waals surface area contributed by atoms with Crippen molar-refractivity contribution < 1.29 is 4.79 Å². The molecular formula is C16H23N3O. The number of hydrogen-bond acceptors (Lipinski definition) is 3.